The minimum Gasteiger partial charge on any atom is -0.489 e. The first-order valence-corrected chi connectivity index (χ1v) is 11.0. The Morgan fingerprint density at radius 1 is 0.967 bits per heavy atom. The molecule has 1 N–H and O–H groups in total. The molecule has 0 saturated heterocycles. The van der Waals surface area contributed by atoms with Crippen molar-refractivity contribution in [2.45, 2.75) is 6.61 Å². The van der Waals surface area contributed by atoms with Crippen LogP contribution in [0.5, 0.6) is 5.75 Å². The standard InChI is InChI=1S/C22H21FN2O4S/c1-30(27,28)25(20-11-7-18(23)8-12-20)15-22(26)24-19-9-13-21(14-10-19)29-16-17-5-3-2-4-6-17/h2-14H,15-16H2,1H3,(H,24,26). The second-order valence-electron chi connectivity index (χ2n) is 6.59. The SMILES string of the molecule is CS(=O)(=O)N(CC(=O)Nc1ccc(OCc2ccccc2)cc1)c1ccc(F)cc1. The van der Waals surface area contributed by atoms with Gasteiger partial charge in [0.05, 0.1) is 11.9 Å². The first-order valence-electron chi connectivity index (χ1n) is 9.11. The Labute approximate surface area is 175 Å². The number of carbonyl (C=O) groups excluding carboxylic acids is 1. The van der Waals surface area contributed by atoms with Crippen LogP contribution in [-0.2, 0) is 21.4 Å². The third kappa shape index (κ3) is 6.05. The van der Waals surface area contributed by atoms with Crippen molar-refractivity contribution in [2.75, 3.05) is 22.4 Å². The fourth-order valence-corrected chi connectivity index (χ4v) is 3.57. The Morgan fingerprint density at radius 3 is 2.20 bits per heavy atom. The number of hydrogen-bond donors (Lipinski definition) is 1. The fraction of sp³-hybridized carbons (Fsp3) is 0.136. The number of anilines is 2. The van der Waals surface area contributed by atoms with E-state index in [9.17, 15) is 17.6 Å². The van der Waals surface area contributed by atoms with Gasteiger partial charge >= 0.3 is 0 Å². The number of sulfonamides is 1. The summed E-state index contributed by atoms with van der Waals surface area (Å²) in [6.45, 7) is -0.00966. The highest BCUT2D eigenvalue weighted by molar-refractivity contribution is 7.92. The van der Waals surface area contributed by atoms with Crippen LogP contribution < -0.4 is 14.4 Å². The number of halogens is 1. The predicted octanol–water partition coefficient (Wildman–Crippen LogP) is 3.81. The number of nitrogens with one attached hydrogen (secondary N) is 1. The smallest absolute Gasteiger partial charge is 0.245 e. The van der Waals surface area contributed by atoms with Crippen LogP contribution in [-0.4, -0.2) is 27.1 Å². The lowest BCUT2D eigenvalue weighted by atomic mass is 10.2. The number of ether oxygens (including phenoxy) is 1. The fourth-order valence-electron chi connectivity index (χ4n) is 2.71. The molecular weight excluding hydrogens is 407 g/mol. The summed E-state index contributed by atoms with van der Waals surface area (Å²) in [5.41, 5.74) is 1.75. The van der Waals surface area contributed by atoms with Gasteiger partial charge in [-0.2, -0.15) is 0 Å². The monoisotopic (exact) mass is 428 g/mol. The molecule has 8 heteroatoms. The van der Waals surface area contributed by atoms with Gasteiger partial charge in [-0.15, -0.1) is 0 Å². The van der Waals surface area contributed by atoms with E-state index in [2.05, 4.69) is 5.32 Å². The Bertz CT molecular complexity index is 1090. The highest BCUT2D eigenvalue weighted by Gasteiger charge is 2.21. The average Bonchev–Trinajstić information content (AvgIpc) is 2.72. The lowest BCUT2D eigenvalue weighted by molar-refractivity contribution is -0.114. The van der Waals surface area contributed by atoms with Crippen LogP contribution in [0.3, 0.4) is 0 Å². The van der Waals surface area contributed by atoms with Crippen LogP contribution in [0.4, 0.5) is 15.8 Å². The Morgan fingerprint density at radius 2 is 1.60 bits per heavy atom. The number of hydrogen-bond acceptors (Lipinski definition) is 4. The molecule has 156 valence electrons. The Hall–Kier alpha value is -3.39. The summed E-state index contributed by atoms with van der Waals surface area (Å²) in [5, 5.41) is 2.65. The molecule has 6 nitrogen and oxygen atoms in total. The minimum absolute atomic E-state index is 0.207. The molecule has 3 aromatic carbocycles. The summed E-state index contributed by atoms with van der Waals surface area (Å²) in [6, 6.07) is 21.4. The molecule has 0 radical (unpaired) electrons. The number of carbonyl (C=O) groups is 1. The minimum atomic E-state index is -3.73. The van der Waals surface area contributed by atoms with Crippen molar-refractivity contribution in [1.82, 2.24) is 0 Å². The number of nitrogens with zero attached hydrogens (tertiary/aromatic N) is 1. The molecule has 0 unspecified atom stereocenters. The van der Waals surface area contributed by atoms with Crippen molar-refractivity contribution in [3.63, 3.8) is 0 Å². The molecule has 3 rings (SSSR count). The molecule has 0 aromatic heterocycles. The molecule has 0 heterocycles. The van der Waals surface area contributed by atoms with Crippen LogP contribution >= 0.6 is 0 Å². The van der Waals surface area contributed by atoms with Gasteiger partial charge in [0, 0.05) is 5.69 Å². The van der Waals surface area contributed by atoms with E-state index in [4.69, 9.17) is 4.74 Å². The van der Waals surface area contributed by atoms with Gasteiger partial charge in [-0.1, -0.05) is 30.3 Å². The maximum absolute atomic E-state index is 13.1. The van der Waals surface area contributed by atoms with Crippen molar-refractivity contribution in [1.29, 1.82) is 0 Å². The van der Waals surface area contributed by atoms with Gasteiger partial charge < -0.3 is 10.1 Å². The number of benzene rings is 3. The van der Waals surface area contributed by atoms with E-state index in [0.717, 1.165) is 28.3 Å². The van der Waals surface area contributed by atoms with Gasteiger partial charge in [0.1, 0.15) is 24.7 Å². The molecule has 0 aliphatic heterocycles. The molecule has 1 amide bonds. The van der Waals surface area contributed by atoms with Gasteiger partial charge in [0.15, 0.2) is 0 Å². The van der Waals surface area contributed by atoms with Gasteiger partial charge in [0.25, 0.3) is 0 Å². The van der Waals surface area contributed by atoms with E-state index in [-0.39, 0.29) is 5.69 Å². The lowest BCUT2D eigenvalue weighted by Gasteiger charge is -2.21. The van der Waals surface area contributed by atoms with Crippen LogP contribution in [0, 0.1) is 5.82 Å². The summed E-state index contributed by atoms with van der Waals surface area (Å²) in [4.78, 5) is 12.4. The summed E-state index contributed by atoms with van der Waals surface area (Å²) >= 11 is 0. The van der Waals surface area contributed by atoms with E-state index >= 15 is 0 Å². The van der Waals surface area contributed by atoms with Gasteiger partial charge in [-0.05, 0) is 54.1 Å². The van der Waals surface area contributed by atoms with Crippen molar-refractivity contribution in [2.24, 2.45) is 0 Å². The lowest BCUT2D eigenvalue weighted by Crippen LogP contribution is -2.37. The molecule has 3 aromatic rings. The van der Waals surface area contributed by atoms with E-state index < -0.39 is 28.3 Å². The van der Waals surface area contributed by atoms with E-state index in [1.807, 2.05) is 30.3 Å². The zero-order chi connectivity index (χ0) is 21.6. The van der Waals surface area contributed by atoms with Crippen molar-refractivity contribution < 1.29 is 22.3 Å². The van der Waals surface area contributed by atoms with Gasteiger partial charge in [0.2, 0.25) is 15.9 Å². The largest absolute Gasteiger partial charge is 0.489 e. The summed E-state index contributed by atoms with van der Waals surface area (Å²) in [6.07, 6.45) is 0.989. The van der Waals surface area contributed by atoms with Crippen LogP contribution in [0.1, 0.15) is 5.56 Å². The summed E-state index contributed by atoms with van der Waals surface area (Å²) in [5.74, 6) is -0.380. The second-order valence-corrected chi connectivity index (χ2v) is 8.50. The maximum Gasteiger partial charge on any atom is 0.245 e. The average molecular weight is 428 g/mol. The van der Waals surface area contributed by atoms with Gasteiger partial charge in [-0.3, -0.25) is 9.10 Å². The second kappa shape index (κ2) is 9.41. The van der Waals surface area contributed by atoms with Crippen LogP contribution in [0.25, 0.3) is 0 Å². The van der Waals surface area contributed by atoms with Crippen molar-refractivity contribution in [3.8, 4) is 5.75 Å². The topological polar surface area (TPSA) is 75.7 Å². The highest BCUT2D eigenvalue weighted by atomic mass is 32.2. The normalized spacial score (nSPS) is 11.0. The zero-order valence-corrected chi connectivity index (χ0v) is 17.1. The van der Waals surface area contributed by atoms with Crippen molar-refractivity contribution >= 4 is 27.3 Å². The molecule has 30 heavy (non-hydrogen) atoms. The molecule has 0 aliphatic carbocycles. The van der Waals surface area contributed by atoms with Crippen molar-refractivity contribution in [3.05, 3.63) is 90.2 Å². The number of amides is 1. The molecule has 0 saturated carbocycles. The summed E-state index contributed by atoms with van der Waals surface area (Å²) < 4.78 is 43.9. The summed E-state index contributed by atoms with van der Waals surface area (Å²) in [7, 11) is -3.73. The molecule has 0 bridgehead atoms. The predicted molar refractivity (Wildman–Crippen MR) is 114 cm³/mol. The van der Waals surface area contributed by atoms with Gasteiger partial charge in [-0.25, -0.2) is 12.8 Å². The van der Waals surface area contributed by atoms with E-state index in [1.54, 1.807) is 24.3 Å². The van der Waals surface area contributed by atoms with E-state index in [0.29, 0.717) is 18.0 Å². The maximum atomic E-state index is 13.1. The number of rotatable bonds is 8. The molecule has 0 spiro atoms. The Balaban J connectivity index is 1.61. The molecular formula is C22H21FN2O4S. The quantitative estimate of drug-likeness (QED) is 0.592. The molecule has 0 atom stereocenters. The highest BCUT2D eigenvalue weighted by Crippen LogP contribution is 2.20. The third-order valence-corrected chi connectivity index (χ3v) is 5.33. The molecule has 0 aliphatic rings. The first-order chi connectivity index (χ1) is 14.3. The molecule has 0 fully saturated rings. The Kier molecular flexibility index (Phi) is 6.68. The first kappa shape index (κ1) is 21.3. The zero-order valence-electron chi connectivity index (χ0n) is 16.3. The van der Waals surface area contributed by atoms with E-state index in [1.165, 1.54) is 12.1 Å². The van der Waals surface area contributed by atoms with Crippen LogP contribution in [0.2, 0.25) is 0 Å². The van der Waals surface area contributed by atoms with Crippen LogP contribution in [0.15, 0.2) is 78.9 Å². The third-order valence-electron chi connectivity index (χ3n) is 4.19.